The fourth-order valence-corrected chi connectivity index (χ4v) is 3.96. The largest absolute Gasteiger partial charge is 0.375 e. The van der Waals surface area contributed by atoms with Crippen molar-refractivity contribution in [2.45, 2.75) is 44.1 Å². The van der Waals surface area contributed by atoms with Crippen molar-refractivity contribution < 1.29 is 9.47 Å². The Morgan fingerprint density at radius 2 is 2.40 bits per heavy atom. The molecule has 110 valence electrons. The van der Waals surface area contributed by atoms with Crippen molar-refractivity contribution in [2.24, 2.45) is 0 Å². The molecule has 3 nitrogen and oxygen atoms in total. The molecule has 4 heteroatoms. The van der Waals surface area contributed by atoms with Crippen LogP contribution in [0.3, 0.4) is 0 Å². The first-order chi connectivity index (χ1) is 9.86. The van der Waals surface area contributed by atoms with Crippen LogP contribution in [0, 0.1) is 0 Å². The van der Waals surface area contributed by atoms with Crippen LogP contribution in [0.4, 0.5) is 0 Å². The molecule has 0 bridgehead atoms. The predicted octanol–water partition coefficient (Wildman–Crippen LogP) is 3.07. The summed E-state index contributed by atoms with van der Waals surface area (Å²) in [6.07, 6.45) is 5.98. The summed E-state index contributed by atoms with van der Waals surface area (Å²) in [6, 6.07) is 2.83. The van der Waals surface area contributed by atoms with E-state index < -0.39 is 0 Å². The van der Waals surface area contributed by atoms with Crippen LogP contribution in [-0.4, -0.2) is 42.9 Å². The summed E-state index contributed by atoms with van der Waals surface area (Å²) >= 11 is 1.78. The molecule has 1 aromatic rings. The van der Waals surface area contributed by atoms with Crippen molar-refractivity contribution in [3.63, 3.8) is 0 Å². The molecule has 1 aromatic heterocycles. The van der Waals surface area contributed by atoms with Crippen LogP contribution in [0.25, 0.3) is 0 Å². The summed E-state index contributed by atoms with van der Waals surface area (Å²) in [5, 5.41) is 4.41. The molecule has 2 aliphatic heterocycles. The number of likely N-dealkylation sites (tertiary alicyclic amines) is 1. The monoisotopic (exact) mass is 293 g/mol. The molecular weight excluding hydrogens is 270 g/mol. The standard InChI is InChI=1S/C16H23NO2S/c1-2-8-18-11-14-3-4-15-16(19-14)5-7-17(15)10-13-6-9-20-12-13/h2,6,9,12,14-16H,1,3-5,7-8,10-11H2/t14-,15-,16-/m0/s1. The molecule has 2 fully saturated rings. The minimum absolute atomic E-state index is 0.275. The quantitative estimate of drug-likeness (QED) is 0.594. The van der Waals surface area contributed by atoms with E-state index in [-0.39, 0.29) is 6.10 Å². The molecule has 0 saturated carbocycles. The molecule has 0 aromatic carbocycles. The van der Waals surface area contributed by atoms with E-state index in [1.54, 1.807) is 17.4 Å². The lowest BCUT2D eigenvalue weighted by atomic mass is 9.99. The molecule has 0 radical (unpaired) electrons. The molecule has 0 N–H and O–H groups in total. The highest BCUT2D eigenvalue weighted by Gasteiger charge is 2.39. The molecule has 0 spiro atoms. The van der Waals surface area contributed by atoms with Crippen molar-refractivity contribution in [3.8, 4) is 0 Å². The van der Waals surface area contributed by atoms with Gasteiger partial charge in [-0.1, -0.05) is 6.08 Å². The van der Waals surface area contributed by atoms with Gasteiger partial charge < -0.3 is 9.47 Å². The average molecular weight is 293 g/mol. The minimum atomic E-state index is 0.275. The van der Waals surface area contributed by atoms with Crippen LogP contribution >= 0.6 is 11.3 Å². The number of ether oxygens (including phenoxy) is 2. The molecule has 20 heavy (non-hydrogen) atoms. The fraction of sp³-hybridized carbons (Fsp3) is 0.625. The SMILES string of the molecule is C=CCOC[C@@H]1CC[C@H]2[C@H](CCN2Cc2ccsc2)O1. The van der Waals surface area contributed by atoms with Gasteiger partial charge >= 0.3 is 0 Å². The van der Waals surface area contributed by atoms with Crippen molar-refractivity contribution in [1.82, 2.24) is 4.90 Å². The first-order valence-corrected chi connectivity index (χ1v) is 8.40. The molecule has 0 unspecified atom stereocenters. The average Bonchev–Trinajstić information content (AvgIpc) is 3.10. The first kappa shape index (κ1) is 14.3. The lowest BCUT2D eigenvalue weighted by Gasteiger charge is -2.35. The topological polar surface area (TPSA) is 21.7 Å². The van der Waals surface area contributed by atoms with Crippen LogP contribution in [0.1, 0.15) is 24.8 Å². The summed E-state index contributed by atoms with van der Waals surface area (Å²) in [5.41, 5.74) is 1.44. The van der Waals surface area contributed by atoms with E-state index in [4.69, 9.17) is 9.47 Å². The van der Waals surface area contributed by atoms with Gasteiger partial charge in [0.1, 0.15) is 0 Å². The number of thiophene rings is 1. The van der Waals surface area contributed by atoms with Crippen molar-refractivity contribution >= 4 is 11.3 Å². The Bertz CT molecular complexity index is 420. The van der Waals surface area contributed by atoms with Crippen LogP contribution in [0.2, 0.25) is 0 Å². The highest BCUT2D eigenvalue weighted by Crippen LogP contribution is 2.32. The Balaban J connectivity index is 1.50. The third-order valence-electron chi connectivity index (χ3n) is 4.26. The number of hydrogen-bond acceptors (Lipinski definition) is 4. The van der Waals surface area contributed by atoms with Crippen LogP contribution in [0.15, 0.2) is 29.5 Å². The highest BCUT2D eigenvalue weighted by atomic mass is 32.1. The second kappa shape index (κ2) is 6.85. The van der Waals surface area contributed by atoms with Crippen molar-refractivity contribution in [2.75, 3.05) is 19.8 Å². The lowest BCUT2D eigenvalue weighted by molar-refractivity contribution is -0.0971. The smallest absolute Gasteiger partial charge is 0.0813 e. The molecule has 2 aliphatic rings. The third kappa shape index (κ3) is 3.31. The lowest BCUT2D eigenvalue weighted by Crippen LogP contribution is -2.43. The van der Waals surface area contributed by atoms with E-state index in [1.807, 2.05) is 0 Å². The second-order valence-corrected chi connectivity index (χ2v) is 6.44. The Kier molecular flexibility index (Phi) is 4.89. The van der Waals surface area contributed by atoms with Crippen LogP contribution < -0.4 is 0 Å². The normalized spacial score (nSPS) is 30.3. The Hall–Kier alpha value is -0.680. The van der Waals surface area contributed by atoms with Gasteiger partial charge in [-0.25, -0.2) is 0 Å². The van der Waals surface area contributed by atoms with E-state index in [0.717, 1.165) is 25.9 Å². The fourth-order valence-electron chi connectivity index (χ4n) is 3.30. The Morgan fingerprint density at radius 1 is 1.45 bits per heavy atom. The van der Waals surface area contributed by atoms with Gasteiger partial charge in [-0.3, -0.25) is 4.90 Å². The summed E-state index contributed by atoms with van der Waals surface area (Å²) in [7, 11) is 0. The Morgan fingerprint density at radius 3 is 3.20 bits per heavy atom. The number of fused-ring (bicyclic) bond motifs is 1. The second-order valence-electron chi connectivity index (χ2n) is 5.66. The number of rotatable bonds is 6. The maximum absolute atomic E-state index is 6.21. The van der Waals surface area contributed by atoms with E-state index in [0.29, 0.717) is 25.4 Å². The van der Waals surface area contributed by atoms with Crippen LogP contribution in [-0.2, 0) is 16.0 Å². The summed E-state index contributed by atoms with van der Waals surface area (Å²) in [4.78, 5) is 2.59. The molecule has 3 heterocycles. The van der Waals surface area contributed by atoms with Gasteiger partial charge in [0.15, 0.2) is 0 Å². The number of nitrogens with zero attached hydrogens (tertiary/aromatic N) is 1. The molecule has 3 atom stereocenters. The summed E-state index contributed by atoms with van der Waals surface area (Å²) in [5.74, 6) is 0. The molecular formula is C16H23NO2S. The first-order valence-electron chi connectivity index (χ1n) is 7.46. The molecule has 2 saturated heterocycles. The zero-order chi connectivity index (χ0) is 13.8. The van der Waals surface area contributed by atoms with Gasteiger partial charge in [0, 0.05) is 19.1 Å². The van der Waals surface area contributed by atoms with E-state index in [9.17, 15) is 0 Å². The van der Waals surface area contributed by atoms with E-state index >= 15 is 0 Å². The molecule has 3 rings (SSSR count). The maximum Gasteiger partial charge on any atom is 0.0813 e. The Labute approximate surface area is 125 Å². The zero-order valence-electron chi connectivity index (χ0n) is 11.9. The van der Waals surface area contributed by atoms with E-state index in [2.05, 4.69) is 28.3 Å². The predicted molar refractivity (Wildman–Crippen MR) is 82.0 cm³/mol. The van der Waals surface area contributed by atoms with Crippen LogP contribution in [0.5, 0.6) is 0 Å². The number of hydrogen-bond donors (Lipinski definition) is 0. The molecule has 0 amide bonds. The van der Waals surface area contributed by atoms with Gasteiger partial charge in [-0.2, -0.15) is 11.3 Å². The van der Waals surface area contributed by atoms with Gasteiger partial charge in [-0.15, -0.1) is 6.58 Å². The van der Waals surface area contributed by atoms with Crippen molar-refractivity contribution in [3.05, 3.63) is 35.0 Å². The summed E-state index contributed by atoms with van der Waals surface area (Å²) < 4.78 is 11.7. The maximum atomic E-state index is 6.21. The summed E-state index contributed by atoms with van der Waals surface area (Å²) in [6.45, 7) is 7.23. The molecule has 0 aliphatic carbocycles. The zero-order valence-corrected chi connectivity index (χ0v) is 12.7. The highest BCUT2D eigenvalue weighted by molar-refractivity contribution is 7.07. The minimum Gasteiger partial charge on any atom is -0.375 e. The van der Waals surface area contributed by atoms with Gasteiger partial charge in [0.05, 0.1) is 25.4 Å². The van der Waals surface area contributed by atoms with E-state index in [1.165, 1.54) is 12.0 Å². The third-order valence-corrected chi connectivity index (χ3v) is 4.99. The van der Waals surface area contributed by atoms with Gasteiger partial charge in [0.2, 0.25) is 0 Å². The van der Waals surface area contributed by atoms with Gasteiger partial charge in [0.25, 0.3) is 0 Å². The van der Waals surface area contributed by atoms with Gasteiger partial charge in [-0.05, 0) is 41.7 Å². The van der Waals surface area contributed by atoms with Crippen molar-refractivity contribution in [1.29, 1.82) is 0 Å².